The molecule has 0 aliphatic carbocycles. The third kappa shape index (κ3) is 7.16. The standard InChI is InChI=1S/C22H37N5O2.HI/c1-18(2)25(4)10-6-5-9-24-22(23-3)27-13-11-26(12-14-27)16-19-7-8-20-21(15-19)29-17-28-20;/h7-8,15,18H,5-6,9-14,16-17H2,1-4H3,(H,23,24);1H. The van der Waals surface area contributed by atoms with Gasteiger partial charge in [-0.25, -0.2) is 0 Å². The molecule has 0 radical (unpaired) electrons. The maximum Gasteiger partial charge on any atom is 0.231 e. The van der Waals surface area contributed by atoms with Crippen molar-refractivity contribution >= 4 is 29.9 Å². The smallest absolute Gasteiger partial charge is 0.231 e. The number of nitrogens with zero attached hydrogens (tertiary/aromatic N) is 4. The Morgan fingerprint density at radius 1 is 1.13 bits per heavy atom. The van der Waals surface area contributed by atoms with Crippen LogP contribution in [0.3, 0.4) is 0 Å². The lowest BCUT2D eigenvalue weighted by molar-refractivity contribution is 0.171. The molecule has 170 valence electrons. The van der Waals surface area contributed by atoms with Crippen molar-refractivity contribution in [1.82, 2.24) is 20.0 Å². The van der Waals surface area contributed by atoms with Crippen LogP contribution >= 0.6 is 24.0 Å². The van der Waals surface area contributed by atoms with Crippen molar-refractivity contribution in [1.29, 1.82) is 0 Å². The Balaban J connectivity index is 0.00000320. The molecule has 0 aromatic heterocycles. The Morgan fingerprint density at radius 3 is 2.57 bits per heavy atom. The summed E-state index contributed by atoms with van der Waals surface area (Å²) in [5, 5.41) is 3.54. The minimum absolute atomic E-state index is 0. The summed E-state index contributed by atoms with van der Waals surface area (Å²) < 4.78 is 10.9. The summed E-state index contributed by atoms with van der Waals surface area (Å²) in [4.78, 5) is 11.8. The molecule has 0 atom stereocenters. The number of fused-ring (bicyclic) bond motifs is 1. The Hall–Kier alpha value is -1.26. The van der Waals surface area contributed by atoms with E-state index in [1.807, 2.05) is 13.1 Å². The van der Waals surface area contributed by atoms with Crippen LogP contribution in [0.4, 0.5) is 0 Å². The summed E-state index contributed by atoms with van der Waals surface area (Å²) in [5.41, 5.74) is 1.27. The molecule has 1 N–H and O–H groups in total. The number of nitrogens with one attached hydrogen (secondary N) is 1. The summed E-state index contributed by atoms with van der Waals surface area (Å²) in [6.07, 6.45) is 2.38. The summed E-state index contributed by atoms with van der Waals surface area (Å²) in [6.45, 7) is 12.0. The van der Waals surface area contributed by atoms with E-state index in [0.717, 1.165) is 63.3 Å². The van der Waals surface area contributed by atoms with Gasteiger partial charge in [0.2, 0.25) is 6.79 Å². The van der Waals surface area contributed by atoms with Gasteiger partial charge in [-0.05, 0) is 58.0 Å². The molecule has 8 heteroatoms. The maximum absolute atomic E-state index is 5.50. The number of rotatable bonds is 8. The van der Waals surface area contributed by atoms with Crippen molar-refractivity contribution in [3.63, 3.8) is 0 Å². The van der Waals surface area contributed by atoms with Gasteiger partial charge < -0.3 is 24.6 Å². The minimum Gasteiger partial charge on any atom is -0.454 e. The van der Waals surface area contributed by atoms with Gasteiger partial charge in [-0.15, -0.1) is 24.0 Å². The van der Waals surface area contributed by atoms with Crippen LogP contribution in [0.2, 0.25) is 0 Å². The number of aliphatic imine (C=N–C) groups is 1. The van der Waals surface area contributed by atoms with Gasteiger partial charge in [0.1, 0.15) is 0 Å². The highest BCUT2D eigenvalue weighted by atomic mass is 127. The third-order valence-corrected chi connectivity index (χ3v) is 5.83. The molecule has 0 bridgehead atoms. The second-order valence-corrected chi connectivity index (χ2v) is 8.21. The molecule has 1 aromatic carbocycles. The van der Waals surface area contributed by atoms with E-state index in [1.165, 1.54) is 18.4 Å². The Labute approximate surface area is 198 Å². The Kier molecular flexibility index (Phi) is 10.5. The van der Waals surface area contributed by atoms with E-state index in [0.29, 0.717) is 12.8 Å². The van der Waals surface area contributed by atoms with Crippen LogP contribution in [0, 0.1) is 0 Å². The van der Waals surface area contributed by atoms with Crippen molar-refractivity contribution in [3.8, 4) is 11.5 Å². The lowest BCUT2D eigenvalue weighted by Crippen LogP contribution is -2.52. The van der Waals surface area contributed by atoms with Gasteiger partial charge in [0.05, 0.1) is 0 Å². The predicted molar refractivity (Wildman–Crippen MR) is 133 cm³/mol. The van der Waals surface area contributed by atoms with E-state index in [-0.39, 0.29) is 24.0 Å². The zero-order valence-corrected chi connectivity index (χ0v) is 21.2. The molecule has 0 spiro atoms. The zero-order valence-electron chi connectivity index (χ0n) is 18.9. The molecule has 1 saturated heterocycles. The molecule has 2 heterocycles. The zero-order chi connectivity index (χ0) is 20.6. The summed E-state index contributed by atoms with van der Waals surface area (Å²) in [7, 11) is 4.08. The maximum atomic E-state index is 5.50. The minimum atomic E-state index is 0. The van der Waals surface area contributed by atoms with E-state index >= 15 is 0 Å². The number of hydrogen-bond acceptors (Lipinski definition) is 5. The first-order valence-corrected chi connectivity index (χ1v) is 10.8. The second kappa shape index (κ2) is 12.6. The quantitative estimate of drug-likeness (QED) is 0.241. The predicted octanol–water partition coefficient (Wildman–Crippen LogP) is 2.85. The van der Waals surface area contributed by atoms with Crippen LogP contribution < -0.4 is 14.8 Å². The SMILES string of the molecule is CN=C(NCCCCN(C)C(C)C)N1CCN(Cc2ccc3c(c2)OCO3)CC1.I. The topological polar surface area (TPSA) is 52.6 Å². The summed E-state index contributed by atoms with van der Waals surface area (Å²) in [5.74, 6) is 2.75. The molecule has 30 heavy (non-hydrogen) atoms. The Morgan fingerprint density at radius 2 is 1.87 bits per heavy atom. The van der Waals surface area contributed by atoms with Crippen LogP contribution in [0.5, 0.6) is 11.5 Å². The van der Waals surface area contributed by atoms with Gasteiger partial charge in [0.25, 0.3) is 0 Å². The fourth-order valence-corrected chi connectivity index (χ4v) is 3.69. The monoisotopic (exact) mass is 531 g/mol. The fraction of sp³-hybridized carbons (Fsp3) is 0.682. The largest absolute Gasteiger partial charge is 0.454 e. The lowest BCUT2D eigenvalue weighted by atomic mass is 10.1. The first-order valence-electron chi connectivity index (χ1n) is 10.8. The molecule has 1 fully saturated rings. The molecular formula is C22H38IN5O2. The van der Waals surface area contributed by atoms with Crippen molar-refractivity contribution in [3.05, 3.63) is 23.8 Å². The molecule has 7 nitrogen and oxygen atoms in total. The molecule has 2 aliphatic rings. The average molecular weight is 531 g/mol. The van der Waals surface area contributed by atoms with E-state index in [1.54, 1.807) is 0 Å². The van der Waals surface area contributed by atoms with Gasteiger partial charge in [0, 0.05) is 52.4 Å². The lowest BCUT2D eigenvalue weighted by Gasteiger charge is -2.36. The van der Waals surface area contributed by atoms with E-state index < -0.39 is 0 Å². The van der Waals surface area contributed by atoms with Gasteiger partial charge in [-0.2, -0.15) is 0 Å². The molecule has 0 saturated carbocycles. The molecule has 1 aromatic rings. The van der Waals surface area contributed by atoms with Crippen molar-refractivity contribution < 1.29 is 9.47 Å². The third-order valence-electron chi connectivity index (χ3n) is 5.83. The van der Waals surface area contributed by atoms with Gasteiger partial charge in [0.15, 0.2) is 17.5 Å². The number of ether oxygens (including phenoxy) is 2. The number of hydrogen-bond donors (Lipinski definition) is 1. The molecular weight excluding hydrogens is 493 g/mol. The van der Waals surface area contributed by atoms with Crippen molar-refractivity contribution in [2.24, 2.45) is 4.99 Å². The number of piperazine rings is 1. The molecule has 3 rings (SSSR count). The first kappa shape index (κ1) is 25.0. The summed E-state index contributed by atoms with van der Waals surface area (Å²) >= 11 is 0. The fourth-order valence-electron chi connectivity index (χ4n) is 3.69. The number of benzene rings is 1. The van der Waals surface area contributed by atoms with Crippen LogP contribution in [0.15, 0.2) is 23.2 Å². The van der Waals surface area contributed by atoms with Gasteiger partial charge in [-0.3, -0.25) is 9.89 Å². The summed E-state index contributed by atoms with van der Waals surface area (Å²) in [6, 6.07) is 6.87. The normalized spacial score (nSPS) is 16.9. The van der Waals surface area contributed by atoms with Crippen LogP contribution in [-0.4, -0.2) is 86.9 Å². The molecule has 2 aliphatic heterocycles. The van der Waals surface area contributed by atoms with Gasteiger partial charge in [-0.1, -0.05) is 6.07 Å². The number of guanidine groups is 1. The highest BCUT2D eigenvalue weighted by Gasteiger charge is 2.20. The molecule has 0 amide bonds. The average Bonchev–Trinajstić information content (AvgIpc) is 3.19. The Bertz CT molecular complexity index is 677. The first-order chi connectivity index (χ1) is 14.1. The van der Waals surface area contributed by atoms with Crippen LogP contribution in [0.25, 0.3) is 0 Å². The highest BCUT2D eigenvalue weighted by Crippen LogP contribution is 2.32. The van der Waals surface area contributed by atoms with Crippen molar-refractivity contribution in [2.75, 3.05) is 60.2 Å². The number of halogens is 1. The van der Waals surface area contributed by atoms with E-state index in [2.05, 4.69) is 58.0 Å². The highest BCUT2D eigenvalue weighted by molar-refractivity contribution is 14.0. The van der Waals surface area contributed by atoms with E-state index in [9.17, 15) is 0 Å². The second-order valence-electron chi connectivity index (χ2n) is 8.21. The van der Waals surface area contributed by atoms with Crippen LogP contribution in [0.1, 0.15) is 32.3 Å². The van der Waals surface area contributed by atoms with Crippen LogP contribution in [-0.2, 0) is 6.54 Å². The van der Waals surface area contributed by atoms with Gasteiger partial charge >= 0.3 is 0 Å². The molecule has 0 unspecified atom stereocenters. The van der Waals surface area contributed by atoms with E-state index in [4.69, 9.17) is 9.47 Å². The number of unbranched alkanes of at least 4 members (excludes halogenated alkanes) is 1. The van der Waals surface area contributed by atoms with Crippen molar-refractivity contribution in [2.45, 2.75) is 39.3 Å².